The van der Waals surface area contributed by atoms with Gasteiger partial charge in [-0.25, -0.2) is 0 Å². The van der Waals surface area contributed by atoms with Crippen LogP contribution in [-0.2, 0) is 0 Å². The lowest BCUT2D eigenvalue weighted by Crippen LogP contribution is -2.51. The number of benzene rings is 9. The van der Waals surface area contributed by atoms with Gasteiger partial charge in [0, 0.05) is 10.8 Å². The summed E-state index contributed by atoms with van der Waals surface area (Å²) >= 11 is 0. The van der Waals surface area contributed by atoms with Crippen LogP contribution in [0.25, 0.3) is 98.1 Å². The number of fused-ring (bicyclic) bond motifs is 10. The Hall–Kier alpha value is -4.23. The van der Waals surface area contributed by atoms with Crippen LogP contribution in [0, 0.1) is 0 Å². The normalized spacial score (nSPS) is 12.0. The average Bonchev–Trinajstić information content (AvgIpc) is 3.74. The average molecular weight is 878 g/mol. The fraction of sp³-hybridized carbons (Fsp3) is 0. The molecule has 0 radical (unpaired) electrons. The van der Waals surface area contributed by atoms with E-state index in [0.717, 1.165) is 11.2 Å². The smallest absolute Gasteiger partial charge is 0.143 e. The van der Waals surface area contributed by atoms with E-state index in [1.54, 1.807) is 0 Å². The molecule has 0 bridgehead atoms. The SMILES string of the molecule is Bc1c(B)c(B)c2c(oc3c(B)c(B)c(B)c(-c4c5c(B)c(B)c(B)c(B)c5c(-c5c(B)c6c(B)c(B)c7c(B)c(B)c(B)c(B)c7c6c6c(B)c(B)c(B)c(B)c56)c5c(B)c(B)c(B)c(B)c45)c32)c1B. The van der Waals surface area contributed by atoms with E-state index in [0.29, 0.717) is 0 Å². The number of hydrogen-bond acceptors (Lipinski definition) is 1. The third-order valence-corrected chi connectivity index (χ3v) is 20.7. The van der Waals surface area contributed by atoms with Crippen molar-refractivity contribution in [2.24, 2.45) is 0 Å². The van der Waals surface area contributed by atoms with E-state index >= 15 is 0 Å². The molecule has 0 saturated heterocycles. The molecule has 10 aromatic rings. The lowest BCUT2D eigenvalue weighted by molar-refractivity contribution is 0.675. The molecule has 0 aliphatic rings. The monoisotopic (exact) mass is 883 g/mol. The fourth-order valence-corrected chi connectivity index (χ4v) is 14.3. The fourth-order valence-electron chi connectivity index (χ4n) is 14.3. The molecule has 0 atom stereocenters. The van der Waals surface area contributed by atoms with E-state index < -0.39 is 0 Å². The molecule has 9 aromatic carbocycles. The summed E-state index contributed by atoms with van der Waals surface area (Å²) in [6.07, 6.45) is 0. The van der Waals surface area contributed by atoms with E-state index in [-0.39, 0.29) is 0 Å². The third kappa shape index (κ3) is 6.20. The molecule has 71 heavy (non-hydrogen) atoms. The molecular weight excluding hydrogens is 826 g/mol. The summed E-state index contributed by atoms with van der Waals surface area (Å²) < 4.78 is 7.27. The first kappa shape index (κ1) is 50.3. The Bertz CT molecular complexity index is 4210. The molecular formula is C44H52B26O. The van der Waals surface area contributed by atoms with Gasteiger partial charge in [0.05, 0.1) is 0 Å². The summed E-state index contributed by atoms with van der Waals surface area (Å²) in [5.74, 6) is 0. The van der Waals surface area contributed by atoms with Crippen molar-refractivity contribution in [1.82, 2.24) is 0 Å². The summed E-state index contributed by atoms with van der Waals surface area (Å²) in [6.45, 7) is 0. The highest BCUT2D eigenvalue weighted by atomic mass is 16.3. The molecule has 0 saturated carbocycles. The van der Waals surface area contributed by atoms with E-state index in [9.17, 15) is 0 Å². The predicted molar refractivity (Wildman–Crippen MR) is 405 cm³/mol. The van der Waals surface area contributed by atoms with Crippen LogP contribution in [0.1, 0.15) is 0 Å². The Morgan fingerprint density at radius 1 is 0.127 bits per heavy atom. The van der Waals surface area contributed by atoms with Crippen molar-refractivity contribution in [2.75, 3.05) is 0 Å². The van der Waals surface area contributed by atoms with E-state index in [4.69, 9.17) is 4.42 Å². The minimum atomic E-state index is 1.03. The van der Waals surface area contributed by atoms with E-state index in [1.165, 1.54) is 229 Å². The number of furan rings is 1. The minimum absolute atomic E-state index is 1.03. The highest BCUT2D eigenvalue weighted by Gasteiger charge is 2.33. The Balaban J connectivity index is 1.63. The zero-order valence-corrected chi connectivity index (χ0v) is 48.4. The Morgan fingerprint density at radius 2 is 0.338 bits per heavy atom. The highest BCUT2D eigenvalue weighted by Crippen LogP contribution is 2.45. The van der Waals surface area contributed by atoms with Gasteiger partial charge in [0.15, 0.2) is 0 Å². The second kappa shape index (κ2) is 16.6. The van der Waals surface area contributed by atoms with Gasteiger partial charge in [-0.15, -0.1) is 49.2 Å². The van der Waals surface area contributed by atoms with Crippen molar-refractivity contribution in [3.8, 4) is 22.3 Å². The molecule has 0 fully saturated rings. The lowest BCUT2D eigenvalue weighted by atomic mass is 9.56. The maximum atomic E-state index is 7.27. The molecule has 27 heteroatoms. The van der Waals surface area contributed by atoms with Gasteiger partial charge in [0.25, 0.3) is 0 Å². The second-order valence-corrected chi connectivity index (χ2v) is 23.0. The lowest BCUT2D eigenvalue weighted by Gasteiger charge is -2.32. The van der Waals surface area contributed by atoms with Crippen LogP contribution in [0.4, 0.5) is 0 Å². The van der Waals surface area contributed by atoms with Crippen LogP contribution < -0.4 is 142 Å². The molecule has 0 amide bonds. The first-order valence-electron chi connectivity index (χ1n) is 26.4. The first-order chi connectivity index (χ1) is 33.2. The summed E-state index contributed by atoms with van der Waals surface area (Å²) in [5, 5.41) is 16.7. The van der Waals surface area contributed by atoms with E-state index in [2.05, 4.69) is 204 Å². The van der Waals surface area contributed by atoms with Crippen molar-refractivity contribution < 1.29 is 4.42 Å². The maximum Gasteiger partial charge on any atom is 0.143 e. The van der Waals surface area contributed by atoms with Crippen LogP contribution in [0.3, 0.4) is 0 Å². The van der Waals surface area contributed by atoms with Crippen LogP contribution in [0.2, 0.25) is 0 Å². The predicted octanol–water partition coefficient (Wildman–Crippen LogP) is -32.6. The van der Waals surface area contributed by atoms with Crippen LogP contribution in [0.5, 0.6) is 0 Å². The Labute approximate surface area is 445 Å². The Kier molecular flexibility index (Phi) is 11.8. The largest absolute Gasteiger partial charge is 0.457 e. The van der Waals surface area contributed by atoms with Gasteiger partial charge in [-0.3, -0.25) is 0 Å². The summed E-state index contributed by atoms with van der Waals surface area (Å²) in [4.78, 5) is 0. The van der Waals surface area contributed by atoms with Crippen molar-refractivity contribution >= 4 is 422 Å². The zero-order chi connectivity index (χ0) is 52.1. The molecule has 0 N–H and O–H groups in total. The van der Waals surface area contributed by atoms with Crippen LogP contribution in [0.15, 0.2) is 4.42 Å². The van der Waals surface area contributed by atoms with Gasteiger partial charge in [-0.05, 0) is 76.1 Å². The van der Waals surface area contributed by atoms with E-state index in [1.807, 2.05) is 0 Å². The van der Waals surface area contributed by atoms with Crippen molar-refractivity contribution in [2.45, 2.75) is 0 Å². The molecule has 1 heterocycles. The van der Waals surface area contributed by atoms with Crippen LogP contribution >= 0.6 is 0 Å². The van der Waals surface area contributed by atoms with Gasteiger partial charge >= 0.3 is 0 Å². The summed E-state index contributed by atoms with van der Waals surface area (Å²) in [7, 11) is 61.8. The molecule has 1 aromatic heterocycles. The van der Waals surface area contributed by atoms with Crippen LogP contribution in [-0.4, -0.2) is 204 Å². The topological polar surface area (TPSA) is 13.1 Å². The Morgan fingerprint density at radius 3 is 0.704 bits per heavy atom. The second-order valence-electron chi connectivity index (χ2n) is 23.0. The van der Waals surface area contributed by atoms with Crippen molar-refractivity contribution in [3.05, 3.63) is 0 Å². The molecule has 10 rings (SSSR count). The molecule has 1 nitrogen and oxygen atoms in total. The molecule has 0 aliphatic heterocycles. The maximum absolute atomic E-state index is 7.27. The number of hydrogen-bond donors (Lipinski definition) is 0. The molecule has 0 aliphatic carbocycles. The highest BCUT2D eigenvalue weighted by molar-refractivity contribution is 6.78. The quantitative estimate of drug-likeness (QED) is 0.0958. The third-order valence-electron chi connectivity index (χ3n) is 20.7. The zero-order valence-electron chi connectivity index (χ0n) is 48.4. The van der Waals surface area contributed by atoms with Gasteiger partial charge in [0.2, 0.25) is 0 Å². The molecule has 0 spiro atoms. The standard InChI is InChI=1S/C44H52B26O/c45-17-4(12-9(22(50)34(62)36(64)25(12)53)3-11-15(27(55)26(54)14(3)17)28(56)37(65)35(63)24(11)52)1-5-7(20(48)32(60)30(58)18(5)46)2(8-6(1)19(47)31(59)33(61)21(8)49)10-13-16-29(57)38(66)40(68)42(70)44(16)71-43(13)41(69)39(67)23(10)51/h45-70H2. The molecule has 0 unspecified atom stereocenters. The van der Waals surface area contributed by atoms with Gasteiger partial charge < -0.3 is 4.42 Å². The summed E-state index contributed by atoms with van der Waals surface area (Å²) in [5.41, 5.74) is 43.1. The van der Waals surface area contributed by atoms with Gasteiger partial charge in [0.1, 0.15) is 215 Å². The summed E-state index contributed by atoms with van der Waals surface area (Å²) in [6, 6.07) is 0. The van der Waals surface area contributed by atoms with Gasteiger partial charge in [-0.1, -0.05) is 92.9 Å². The number of rotatable bonds is 2. The van der Waals surface area contributed by atoms with Crippen molar-refractivity contribution in [1.29, 1.82) is 0 Å². The first-order valence-corrected chi connectivity index (χ1v) is 26.4. The minimum Gasteiger partial charge on any atom is -0.457 e. The van der Waals surface area contributed by atoms with Gasteiger partial charge in [-0.2, -0.15) is 0 Å². The van der Waals surface area contributed by atoms with Crippen molar-refractivity contribution in [3.63, 3.8) is 0 Å². The molecule has 312 valence electrons.